The summed E-state index contributed by atoms with van der Waals surface area (Å²) in [5, 5.41) is 0. The van der Waals surface area contributed by atoms with Crippen molar-refractivity contribution < 1.29 is 18.8 Å². The van der Waals surface area contributed by atoms with Crippen LogP contribution in [0.25, 0.3) is 0 Å². The lowest BCUT2D eigenvalue weighted by atomic mass is 9.76. The molecule has 2 bridgehead atoms. The van der Waals surface area contributed by atoms with Gasteiger partial charge in [-0.2, -0.15) is 0 Å². The van der Waals surface area contributed by atoms with Crippen LogP contribution in [-0.4, -0.2) is 52.6 Å². The van der Waals surface area contributed by atoms with Gasteiger partial charge in [0.05, 0.1) is 11.2 Å². The first-order valence-corrected chi connectivity index (χ1v) is 10.8. The fourth-order valence-electron chi connectivity index (χ4n) is 4.57. The summed E-state index contributed by atoms with van der Waals surface area (Å²) in [6.45, 7) is 15.4. The molecule has 164 valence electrons. The number of piperidine rings is 1. The molecule has 3 aliphatic heterocycles. The topological polar surface area (TPSA) is 70.0 Å². The molecule has 3 aliphatic rings. The number of hydrogen-bond acceptors (Lipinski definition) is 5. The highest BCUT2D eigenvalue weighted by atomic mass is 16.7. The first-order valence-electron chi connectivity index (χ1n) is 10.8. The Hall–Kier alpha value is -1.80. The van der Waals surface area contributed by atoms with Crippen LogP contribution < -0.4 is 11.0 Å². The summed E-state index contributed by atoms with van der Waals surface area (Å²) in [6.07, 6.45) is 0.682. The molecule has 1 aromatic heterocycles. The number of rotatable bonds is 1. The van der Waals surface area contributed by atoms with Gasteiger partial charge in [0.15, 0.2) is 0 Å². The molecule has 2 fully saturated rings. The summed E-state index contributed by atoms with van der Waals surface area (Å²) < 4.78 is 19.8. The first-order chi connectivity index (χ1) is 13.8. The molecule has 0 N–H and O–H groups in total. The molecule has 0 spiro atoms. The number of likely N-dealkylation sites (tertiary alicyclic amines) is 1. The molecule has 7 nitrogen and oxygen atoms in total. The molecule has 1 amide bonds. The van der Waals surface area contributed by atoms with Gasteiger partial charge in [0, 0.05) is 37.3 Å². The number of ether oxygens (including phenoxy) is 1. The Kier molecular flexibility index (Phi) is 4.90. The van der Waals surface area contributed by atoms with Crippen LogP contribution >= 0.6 is 0 Å². The van der Waals surface area contributed by atoms with Gasteiger partial charge in [0.1, 0.15) is 5.60 Å². The Morgan fingerprint density at radius 1 is 1.10 bits per heavy atom. The average Bonchev–Trinajstić information content (AvgIpc) is 2.81. The van der Waals surface area contributed by atoms with Gasteiger partial charge in [-0.3, -0.25) is 4.79 Å². The molecule has 8 heteroatoms. The largest absolute Gasteiger partial charge is 0.495 e. The maximum atomic E-state index is 12.9. The summed E-state index contributed by atoms with van der Waals surface area (Å²) in [5.74, 6) is 0.351. The number of hydrogen-bond donors (Lipinski definition) is 0. The summed E-state index contributed by atoms with van der Waals surface area (Å²) in [5.41, 5.74) is 0.218. The third-order valence-corrected chi connectivity index (χ3v) is 6.76. The van der Waals surface area contributed by atoms with Crippen molar-refractivity contribution in [3.63, 3.8) is 0 Å². The predicted molar refractivity (Wildman–Crippen MR) is 115 cm³/mol. The van der Waals surface area contributed by atoms with E-state index in [0.29, 0.717) is 19.6 Å². The standard InChI is InChI=1S/C22H33BN2O5/c1-20(2,3)28-19(27)24-11-14-8-15(13-24)17-9-16(10-18(26)25(17)12-14)23-29-21(4,5)22(6,7)30-23/h9-10,14-15H,8,11-13H2,1-7H3/t14-,15-/m1/s1. The SMILES string of the molecule is CC(C)(C)OC(=O)N1C[C@H]2C[C@H](C1)c1cc(B3OC(C)(C)C(C)(C)O3)cc(=O)n1C2. The van der Waals surface area contributed by atoms with E-state index in [1.807, 2.05) is 59.1 Å². The quantitative estimate of drug-likeness (QED) is 0.658. The van der Waals surface area contributed by atoms with Crippen molar-refractivity contribution >= 4 is 18.7 Å². The maximum absolute atomic E-state index is 12.9. The minimum absolute atomic E-state index is 0.0300. The van der Waals surface area contributed by atoms with Gasteiger partial charge in [-0.15, -0.1) is 0 Å². The molecule has 0 aliphatic carbocycles. The first kappa shape index (κ1) is 21.4. The summed E-state index contributed by atoms with van der Waals surface area (Å²) >= 11 is 0. The van der Waals surface area contributed by atoms with E-state index in [0.717, 1.165) is 17.6 Å². The Morgan fingerprint density at radius 3 is 2.33 bits per heavy atom. The average molecular weight is 416 g/mol. The lowest BCUT2D eigenvalue weighted by molar-refractivity contribution is 0.00578. The normalized spacial score (nSPS) is 27.0. The Labute approximate surface area is 178 Å². The second-order valence-electron chi connectivity index (χ2n) is 10.9. The van der Waals surface area contributed by atoms with Gasteiger partial charge >= 0.3 is 13.2 Å². The van der Waals surface area contributed by atoms with Gasteiger partial charge in [0.25, 0.3) is 0 Å². The minimum Gasteiger partial charge on any atom is -0.444 e. The van der Waals surface area contributed by atoms with Gasteiger partial charge < -0.3 is 23.5 Å². The van der Waals surface area contributed by atoms with Crippen LogP contribution in [0.3, 0.4) is 0 Å². The van der Waals surface area contributed by atoms with Crippen molar-refractivity contribution in [2.24, 2.45) is 5.92 Å². The van der Waals surface area contributed by atoms with E-state index in [1.165, 1.54) is 0 Å². The molecular weight excluding hydrogens is 383 g/mol. The zero-order valence-corrected chi connectivity index (χ0v) is 19.2. The molecule has 4 rings (SSSR count). The monoisotopic (exact) mass is 416 g/mol. The minimum atomic E-state index is -0.572. The predicted octanol–water partition coefficient (Wildman–Crippen LogP) is 2.50. The summed E-state index contributed by atoms with van der Waals surface area (Å²) in [6, 6.07) is 3.67. The summed E-state index contributed by atoms with van der Waals surface area (Å²) in [7, 11) is -0.572. The van der Waals surface area contributed by atoms with E-state index in [9.17, 15) is 9.59 Å². The van der Waals surface area contributed by atoms with Gasteiger partial charge in [-0.05, 0) is 72.3 Å². The second kappa shape index (κ2) is 6.85. The number of pyridine rings is 1. The molecule has 2 saturated heterocycles. The van der Waals surface area contributed by atoms with Crippen molar-refractivity contribution in [3.8, 4) is 0 Å². The van der Waals surface area contributed by atoms with E-state index < -0.39 is 23.9 Å². The summed E-state index contributed by atoms with van der Waals surface area (Å²) in [4.78, 5) is 27.4. The lowest BCUT2D eigenvalue weighted by Crippen LogP contribution is -2.51. The van der Waals surface area contributed by atoms with Crippen LogP contribution in [0.5, 0.6) is 0 Å². The van der Waals surface area contributed by atoms with Crippen molar-refractivity contribution in [1.29, 1.82) is 0 Å². The van der Waals surface area contributed by atoms with Crippen LogP contribution in [0, 0.1) is 5.92 Å². The van der Waals surface area contributed by atoms with Crippen LogP contribution in [0.1, 0.15) is 66.5 Å². The van der Waals surface area contributed by atoms with E-state index in [4.69, 9.17) is 14.0 Å². The number of nitrogens with zero attached hydrogens (tertiary/aromatic N) is 2. The third kappa shape index (κ3) is 3.80. The number of aromatic nitrogens is 1. The van der Waals surface area contributed by atoms with Gasteiger partial charge in [-0.25, -0.2) is 4.79 Å². The highest BCUT2D eigenvalue weighted by Gasteiger charge is 2.52. The Morgan fingerprint density at radius 2 is 1.73 bits per heavy atom. The molecule has 30 heavy (non-hydrogen) atoms. The fourth-order valence-corrected chi connectivity index (χ4v) is 4.57. The van der Waals surface area contributed by atoms with Crippen LogP contribution in [0.4, 0.5) is 4.79 Å². The van der Waals surface area contributed by atoms with Gasteiger partial charge in [0.2, 0.25) is 5.56 Å². The number of fused-ring (bicyclic) bond motifs is 4. The smallest absolute Gasteiger partial charge is 0.444 e. The van der Waals surface area contributed by atoms with Crippen LogP contribution in [0.2, 0.25) is 0 Å². The van der Waals surface area contributed by atoms with E-state index >= 15 is 0 Å². The van der Waals surface area contributed by atoms with Crippen molar-refractivity contribution in [1.82, 2.24) is 9.47 Å². The van der Waals surface area contributed by atoms with Gasteiger partial charge in [-0.1, -0.05) is 0 Å². The van der Waals surface area contributed by atoms with Crippen molar-refractivity contribution in [3.05, 3.63) is 28.2 Å². The van der Waals surface area contributed by atoms with E-state index in [2.05, 4.69) is 0 Å². The number of amides is 1. The molecule has 0 radical (unpaired) electrons. The lowest BCUT2D eigenvalue weighted by Gasteiger charge is -2.43. The van der Waals surface area contributed by atoms with Crippen molar-refractivity contribution in [2.75, 3.05) is 13.1 Å². The van der Waals surface area contributed by atoms with E-state index in [-0.39, 0.29) is 23.5 Å². The zero-order chi connectivity index (χ0) is 22.1. The van der Waals surface area contributed by atoms with Crippen LogP contribution in [-0.2, 0) is 20.6 Å². The Bertz CT molecular complexity index is 901. The molecule has 0 saturated carbocycles. The molecule has 2 atom stereocenters. The highest BCUT2D eigenvalue weighted by Crippen LogP contribution is 2.38. The maximum Gasteiger partial charge on any atom is 0.495 e. The van der Waals surface area contributed by atoms with E-state index in [1.54, 1.807) is 11.0 Å². The second-order valence-corrected chi connectivity index (χ2v) is 10.9. The molecule has 0 aromatic carbocycles. The molecule has 0 unspecified atom stereocenters. The zero-order valence-electron chi connectivity index (χ0n) is 19.2. The van der Waals surface area contributed by atoms with Crippen LogP contribution in [0.15, 0.2) is 16.9 Å². The molecular formula is C22H33BN2O5. The Balaban J connectivity index is 1.61. The fraction of sp³-hybridized carbons (Fsp3) is 0.727. The number of carbonyl (C=O) groups is 1. The molecule has 4 heterocycles. The van der Waals surface area contributed by atoms with Crippen molar-refractivity contribution in [2.45, 2.75) is 84.2 Å². The number of carbonyl (C=O) groups excluding carboxylic acids is 1. The molecule has 1 aromatic rings. The third-order valence-electron chi connectivity index (χ3n) is 6.76. The highest BCUT2D eigenvalue weighted by molar-refractivity contribution is 6.62.